The Labute approximate surface area is 162 Å². The van der Waals surface area contributed by atoms with Crippen LogP contribution in [0.5, 0.6) is 0 Å². The molecule has 7 nitrogen and oxygen atoms in total. The number of hydrogen-bond acceptors (Lipinski definition) is 5. The van der Waals surface area contributed by atoms with Crippen LogP contribution in [0.2, 0.25) is 5.02 Å². The van der Waals surface area contributed by atoms with E-state index in [1.165, 1.54) is 4.90 Å². The molecule has 144 valence electrons. The lowest BCUT2D eigenvalue weighted by Crippen LogP contribution is -2.54. The normalized spacial score (nSPS) is 32.8. The van der Waals surface area contributed by atoms with E-state index < -0.39 is 35.4 Å². The van der Waals surface area contributed by atoms with E-state index in [0.29, 0.717) is 29.2 Å². The van der Waals surface area contributed by atoms with Crippen molar-refractivity contribution in [3.63, 3.8) is 0 Å². The number of nitrogens with zero attached hydrogens (tertiary/aromatic N) is 1. The highest BCUT2D eigenvalue weighted by molar-refractivity contribution is 6.31. The number of anilines is 1. The fourth-order valence-electron chi connectivity index (χ4n) is 4.71. The molecular formula is C19H22ClN3O4. The van der Waals surface area contributed by atoms with Gasteiger partial charge in [-0.05, 0) is 31.5 Å². The van der Waals surface area contributed by atoms with Crippen LogP contribution in [0, 0.1) is 11.8 Å². The molecule has 0 saturated carbocycles. The Balaban J connectivity index is 1.86. The second-order valence-corrected chi connectivity index (χ2v) is 7.98. The van der Waals surface area contributed by atoms with Crippen LogP contribution in [0.4, 0.5) is 5.69 Å². The van der Waals surface area contributed by atoms with Gasteiger partial charge < -0.3 is 10.4 Å². The molecule has 27 heavy (non-hydrogen) atoms. The van der Waals surface area contributed by atoms with Gasteiger partial charge in [-0.3, -0.25) is 24.6 Å². The molecule has 1 aromatic rings. The van der Waals surface area contributed by atoms with Gasteiger partial charge in [-0.15, -0.1) is 0 Å². The van der Waals surface area contributed by atoms with Crippen molar-refractivity contribution in [2.24, 2.45) is 11.8 Å². The van der Waals surface area contributed by atoms with Crippen molar-refractivity contribution in [3.8, 4) is 0 Å². The number of rotatable bonds is 4. The summed E-state index contributed by atoms with van der Waals surface area (Å²) in [5.74, 6) is -2.77. The lowest BCUT2D eigenvalue weighted by molar-refractivity contribution is -0.143. The monoisotopic (exact) mass is 391 g/mol. The summed E-state index contributed by atoms with van der Waals surface area (Å²) in [6.45, 7) is 3.87. The molecule has 3 amide bonds. The number of unbranched alkanes of at least 4 members (excludes halogenated alkanes) is 1. The molecule has 1 aromatic carbocycles. The van der Waals surface area contributed by atoms with E-state index in [2.05, 4.69) is 10.6 Å². The van der Waals surface area contributed by atoms with Crippen molar-refractivity contribution in [3.05, 3.63) is 28.8 Å². The van der Waals surface area contributed by atoms with E-state index in [9.17, 15) is 19.5 Å². The fraction of sp³-hybridized carbons (Fsp3) is 0.526. The van der Waals surface area contributed by atoms with Gasteiger partial charge >= 0.3 is 0 Å². The lowest BCUT2D eigenvalue weighted by atomic mass is 9.76. The molecule has 0 aromatic heterocycles. The van der Waals surface area contributed by atoms with Crippen LogP contribution in [-0.4, -0.2) is 46.4 Å². The number of carbonyl (C=O) groups excluding carboxylic acids is 3. The minimum absolute atomic E-state index is 0.322. The highest BCUT2D eigenvalue weighted by Gasteiger charge is 2.70. The second-order valence-electron chi connectivity index (χ2n) is 7.55. The van der Waals surface area contributed by atoms with E-state index in [4.69, 9.17) is 11.6 Å². The van der Waals surface area contributed by atoms with Gasteiger partial charge in [-0.1, -0.05) is 24.9 Å². The van der Waals surface area contributed by atoms with Crippen LogP contribution in [0.3, 0.4) is 0 Å². The topological polar surface area (TPSA) is 98.7 Å². The van der Waals surface area contributed by atoms with Gasteiger partial charge in [0.05, 0.1) is 17.9 Å². The van der Waals surface area contributed by atoms with Crippen molar-refractivity contribution < 1.29 is 19.5 Å². The molecule has 3 N–H and O–H groups in total. The largest absolute Gasteiger partial charge is 0.392 e. The zero-order valence-corrected chi connectivity index (χ0v) is 15.9. The first-order valence-corrected chi connectivity index (χ1v) is 9.63. The standard InChI is InChI=1S/C19H22ClN3O4/c1-3-4-7-23-16(25)13-14(17(23)26)19(22-15(13)9(2)24)11-8-10(20)5-6-12(11)21-18(19)27/h5-6,8-9,13-15,22,24H,3-4,7H2,1-2H3,(H,21,27)/t9-,13-,14-,15-,19+/m0/s1. The molecule has 0 unspecified atom stereocenters. The number of fused-ring (bicyclic) bond motifs is 4. The molecule has 1 spiro atoms. The van der Waals surface area contributed by atoms with Gasteiger partial charge in [-0.25, -0.2) is 0 Å². The molecular weight excluding hydrogens is 370 g/mol. The van der Waals surface area contributed by atoms with Crippen molar-refractivity contribution >= 4 is 35.0 Å². The molecule has 0 aliphatic carbocycles. The van der Waals surface area contributed by atoms with Crippen LogP contribution in [0.1, 0.15) is 32.3 Å². The highest BCUT2D eigenvalue weighted by Crippen LogP contribution is 2.53. The summed E-state index contributed by atoms with van der Waals surface area (Å²) >= 11 is 6.16. The Morgan fingerprint density at radius 3 is 2.70 bits per heavy atom. The number of likely N-dealkylation sites (tertiary alicyclic amines) is 1. The lowest BCUT2D eigenvalue weighted by Gasteiger charge is -2.30. The van der Waals surface area contributed by atoms with Crippen LogP contribution in [-0.2, 0) is 19.9 Å². The number of aliphatic hydroxyl groups excluding tert-OH is 1. The maximum Gasteiger partial charge on any atom is 0.250 e. The molecule has 0 bridgehead atoms. The number of hydrogen-bond donors (Lipinski definition) is 3. The molecule has 3 aliphatic rings. The zero-order valence-electron chi connectivity index (χ0n) is 15.2. The average Bonchev–Trinajstić information content (AvgIpc) is 3.20. The molecule has 0 radical (unpaired) electrons. The fourth-order valence-corrected chi connectivity index (χ4v) is 4.89. The van der Waals surface area contributed by atoms with Gasteiger partial charge in [0.25, 0.3) is 0 Å². The van der Waals surface area contributed by atoms with Crippen molar-refractivity contribution in [1.82, 2.24) is 10.2 Å². The smallest absolute Gasteiger partial charge is 0.250 e. The van der Waals surface area contributed by atoms with Crippen LogP contribution in [0.25, 0.3) is 0 Å². The molecule has 2 fully saturated rings. The number of nitrogens with one attached hydrogen (secondary N) is 2. The third-order valence-electron chi connectivity index (χ3n) is 5.96. The Bertz CT molecular complexity index is 842. The number of halogens is 1. The third kappa shape index (κ3) is 2.38. The van der Waals surface area contributed by atoms with Gasteiger partial charge in [0.15, 0.2) is 0 Å². The molecule has 3 heterocycles. The Morgan fingerprint density at radius 1 is 1.30 bits per heavy atom. The number of aliphatic hydroxyl groups is 1. The highest BCUT2D eigenvalue weighted by atomic mass is 35.5. The SMILES string of the molecule is CCCCN1C(=O)[C@@H]2[C@H]([C@H](C)O)N[C@@]3(C(=O)Nc4ccc(Cl)cc43)[C@@H]2C1=O. The Morgan fingerprint density at radius 2 is 2.04 bits per heavy atom. The van der Waals surface area contributed by atoms with E-state index in [0.717, 1.165) is 6.42 Å². The molecule has 8 heteroatoms. The van der Waals surface area contributed by atoms with Gasteiger partial charge in [-0.2, -0.15) is 0 Å². The quantitative estimate of drug-likeness (QED) is 0.671. The summed E-state index contributed by atoms with van der Waals surface area (Å²) in [5.41, 5.74) is -0.286. The predicted octanol–water partition coefficient (Wildman–Crippen LogP) is 1.24. The maximum atomic E-state index is 13.2. The minimum atomic E-state index is -1.40. The summed E-state index contributed by atoms with van der Waals surface area (Å²) < 4.78 is 0. The minimum Gasteiger partial charge on any atom is -0.392 e. The first kappa shape index (κ1) is 18.4. The van der Waals surface area contributed by atoms with Crippen LogP contribution in [0.15, 0.2) is 18.2 Å². The van der Waals surface area contributed by atoms with Gasteiger partial charge in [0.2, 0.25) is 17.7 Å². The van der Waals surface area contributed by atoms with E-state index in [1.807, 2.05) is 6.92 Å². The summed E-state index contributed by atoms with van der Waals surface area (Å²) in [6, 6.07) is 4.30. The Kier molecular flexibility index (Phi) is 4.29. The van der Waals surface area contributed by atoms with Gasteiger partial charge in [0, 0.05) is 28.9 Å². The van der Waals surface area contributed by atoms with Crippen molar-refractivity contribution in [1.29, 1.82) is 0 Å². The second kappa shape index (κ2) is 6.29. The first-order valence-electron chi connectivity index (χ1n) is 9.25. The van der Waals surface area contributed by atoms with Crippen LogP contribution >= 0.6 is 11.6 Å². The zero-order chi connectivity index (χ0) is 19.5. The van der Waals surface area contributed by atoms with Gasteiger partial charge in [0.1, 0.15) is 5.54 Å². The maximum absolute atomic E-state index is 13.2. The number of carbonyl (C=O) groups is 3. The number of amides is 3. The molecule has 3 aliphatic heterocycles. The third-order valence-corrected chi connectivity index (χ3v) is 6.19. The number of imide groups is 1. The molecule has 2 saturated heterocycles. The predicted molar refractivity (Wildman–Crippen MR) is 99.0 cm³/mol. The first-order chi connectivity index (χ1) is 12.8. The average molecular weight is 392 g/mol. The Hall–Kier alpha value is -1.96. The summed E-state index contributed by atoms with van der Waals surface area (Å²) in [4.78, 5) is 40.6. The summed E-state index contributed by atoms with van der Waals surface area (Å²) in [6.07, 6.45) is 0.635. The van der Waals surface area contributed by atoms with E-state index >= 15 is 0 Å². The van der Waals surface area contributed by atoms with E-state index in [-0.39, 0.29) is 11.8 Å². The van der Waals surface area contributed by atoms with Crippen molar-refractivity contribution in [2.45, 2.75) is 44.4 Å². The molecule has 4 rings (SSSR count). The summed E-state index contributed by atoms with van der Waals surface area (Å²) in [7, 11) is 0. The number of benzene rings is 1. The van der Waals surface area contributed by atoms with Crippen LogP contribution < -0.4 is 10.6 Å². The summed E-state index contributed by atoms with van der Waals surface area (Å²) in [5, 5.41) is 16.7. The van der Waals surface area contributed by atoms with Crippen molar-refractivity contribution in [2.75, 3.05) is 11.9 Å². The van der Waals surface area contributed by atoms with E-state index in [1.54, 1.807) is 25.1 Å². The molecule has 5 atom stereocenters.